The van der Waals surface area contributed by atoms with Crippen LogP contribution in [0.1, 0.15) is 56.8 Å². The number of benzene rings is 4. The summed E-state index contributed by atoms with van der Waals surface area (Å²) in [4.78, 5) is 28.8. The molecule has 2 atom stereocenters. The number of hydrogen-bond donors (Lipinski definition) is 0. The summed E-state index contributed by atoms with van der Waals surface area (Å²) in [5.74, 6) is 0.565. The monoisotopic (exact) mass is 630 g/mol. The number of rotatable bonds is 7. The van der Waals surface area contributed by atoms with Gasteiger partial charge in [0.15, 0.2) is 0 Å². The van der Waals surface area contributed by atoms with Gasteiger partial charge in [-0.25, -0.2) is 4.79 Å². The number of cyclic esters (lactones) is 1. The van der Waals surface area contributed by atoms with Gasteiger partial charge in [-0.2, -0.15) is 13.2 Å². The molecule has 1 aliphatic rings. The van der Waals surface area contributed by atoms with E-state index < -0.39 is 30.0 Å². The minimum absolute atomic E-state index is 0.0746. The van der Waals surface area contributed by atoms with E-state index in [-0.39, 0.29) is 12.5 Å². The zero-order valence-corrected chi connectivity index (χ0v) is 27.0. The van der Waals surface area contributed by atoms with Crippen LogP contribution in [0.5, 0.6) is 5.75 Å². The van der Waals surface area contributed by atoms with Crippen LogP contribution < -0.4 is 4.74 Å². The quantitative estimate of drug-likeness (QED) is 0.205. The van der Waals surface area contributed by atoms with E-state index in [9.17, 15) is 22.8 Å². The molecule has 0 spiro atoms. The van der Waals surface area contributed by atoms with Gasteiger partial charge in [-0.15, -0.1) is 0 Å². The van der Waals surface area contributed by atoms with Gasteiger partial charge in [-0.3, -0.25) is 9.69 Å². The first-order valence-corrected chi connectivity index (χ1v) is 14.9. The summed E-state index contributed by atoms with van der Waals surface area (Å²) in [6.07, 6.45) is -5.96. The van der Waals surface area contributed by atoms with Crippen molar-refractivity contribution in [2.75, 3.05) is 21.2 Å². The lowest BCUT2D eigenvalue weighted by molar-refractivity contribution is -0.137. The minimum atomic E-state index is -4.51. The number of nitrogens with zero attached hydrogens (tertiary/aromatic N) is 2. The number of ether oxygens (including phenoxy) is 2. The second kappa shape index (κ2) is 12.5. The SMILES string of the molecule is COc1ccc(-c2ccc(C(=O)N(C)C)cc2C)cc1-c1ccc(C)cc1CN1C(=O)O[C@H](c2cc(C)cc(C(F)(F)F)c2)[C@@H]1C. The van der Waals surface area contributed by atoms with Crippen LogP contribution in [0.15, 0.2) is 72.8 Å². The molecule has 0 aromatic heterocycles. The van der Waals surface area contributed by atoms with Crippen LogP contribution in [0.4, 0.5) is 18.0 Å². The lowest BCUT2D eigenvalue weighted by Crippen LogP contribution is -2.31. The van der Waals surface area contributed by atoms with E-state index in [1.54, 1.807) is 50.9 Å². The Morgan fingerprint density at radius 3 is 2.26 bits per heavy atom. The summed E-state index contributed by atoms with van der Waals surface area (Å²) in [6.45, 7) is 7.48. The molecule has 0 N–H and O–H groups in total. The van der Waals surface area contributed by atoms with E-state index in [1.807, 2.05) is 68.4 Å². The second-order valence-corrected chi connectivity index (χ2v) is 12.1. The molecule has 4 aromatic carbocycles. The molecule has 1 aliphatic heterocycles. The third kappa shape index (κ3) is 6.45. The predicted octanol–water partition coefficient (Wildman–Crippen LogP) is 8.76. The molecule has 0 radical (unpaired) electrons. The third-order valence-corrected chi connectivity index (χ3v) is 8.43. The Kier molecular flexibility index (Phi) is 8.89. The summed E-state index contributed by atoms with van der Waals surface area (Å²) in [6, 6.07) is 20.7. The molecule has 9 heteroatoms. The summed E-state index contributed by atoms with van der Waals surface area (Å²) in [5.41, 5.74) is 6.89. The maximum atomic E-state index is 13.6. The molecule has 0 aliphatic carbocycles. The van der Waals surface area contributed by atoms with Gasteiger partial charge in [-0.1, -0.05) is 47.5 Å². The Balaban J connectivity index is 1.51. The van der Waals surface area contributed by atoms with Gasteiger partial charge in [0.1, 0.15) is 11.9 Å². The Morgan fingerprint density at radius 1 is 0.891 bits per heavy atom. The van der Waals surface area contributed by atoms with Gasteiger partial charge in [-0.05, 0) is 97.5 Å². The Morgan fingerprint density at radius 2 is 1.61 bits per heavy atom. The highest BCUT2D eigenvalue weighted by Crippen LogP contribution is 2.41. The molecule has 1 heterocycles. The number of carbonyl (C=O) groups is 2. The van der Waals surface area contributed by atoms with Crippen molar-refractivity contribution in [2.45, 2.75) is 52.6 Å². The normalized spacial score (nSPS) is 16.4. The summed E-state index contributed by atoms with van der Waals surface area (Å²) >= 11 is 0. The van der Waals surface area contributed by atoms with Gasteiger partial charge in [0.05, 0.1) is 25.3 Å². The number of hydrogen-bond acceptors (Lipinski definition) is 4. The number of halogens is 3. The fourth-order valence-electron chi connectivity index (χ4n) is 6.06. The Hall–Kier alpha value is -4.79. The predicted molar refractivity (Wildman–Crippen MR) is 172 cm³/mol. The molecule has 5 rings (SSSR count). The maximum Gasteiger partial charge on any atom is 0.416 e. The van der Waals surface area contributed by atoms with Crippen LogP contribution in [0.3, 0.4) is 0 Å². The average molecular weight is 631 g/mol. The highest BCUT2D eigenvalue weighted by atomic mass is 19.4. The third-order valence-electron chi connectivity index (χ3n) is 8.43. The highest BCUT2D eigenvalue weighted by molar-refractivity contribution is 5.95. The largest absolute Gasteiger partial charge is 0.496 e. The zero-order chi connectivity index (χ0) is 33.5. The van der Waals surface area contributed by atoms with Crippen molar-refractivity contribution in [3.05, 3.63) is 112 Å². The van der Waals surface area contributed by atoms with Crippen molar-refractivity contribution in [2.24, 2.45) is 0 Å². The van der Waals surface area contributed by atoms with Gasteiger partial charge >= 0.3 is 12.3 Å². The summed E-state index contributed by atoms with van der Waals surface area (Å²) in [7, 11) is 5.03. The smallest absolute Gasteiger partial charge is 0.416 e. The molecule has 0 bridgehead atoms. The molecule has 6 nitrogen and oxygen atoms in total. The standard InChI is InChI=1S/C37H37F3N2O4/c1-21-8-11-31(32-19-25(10-13-33(32)45-7)30-12-9-26(17-23(30)3)35(43)41(5)6)28(14-21)20-42-24(4)34(46-36(42)44)27-15-22(2)16-29(18-27)37(38,39)40/h8-19,24,34H,20H2,1-7H3/t24-,34-/m0/s1. The Labute approximate surface area is 267 Å². The number of amides is 2. The molecule has 0 saturated carbocycles. The first kappa shape index (κ1) is 32.6. The van der Waals surface area contributed by atoms with Crippen molar-refractivity contribution >= 4 is 12.0 Å². The van der Waals surface area contributed by atoms with Gasteiger partial charge in [0, 0.05) is 25.2 Å². The highest BCUT2D eigenvalue weighted by Gasteiger charge is 2.41. The fourth-order valence-corrected chi connectivity index (χ4v) is 6.06. The first-order chi connectivity index (χ1) is 21.7. The molecule has 1 saturated heterocycles. The molecule has 4 aromatic rings. The molecule has 240 valence electrons. The van der Waals surface area contributed by atoms with Crippen molar-refractivity contribution < 1.29 is 32.2 Å². The minimum Gasteiger partial charge on any atom is -0.496 e. The lowest BCUT2D eigenvalue weighted by atomic mass is 9.91. The van der Waals surface area contributed by atoms with Gasteiger partial charge < -0.3 is 14.4 Å². The zero-order valence-electron chi connectivity index (χ0n) is 27.0. The molecule has 2 amide bonds. The molecule has 0 unspecified atom stereocenters. The van der Waals surface area contributed by atoms with E-state index in [0.29, 0.717) is 22.4 Å². The average Bonchev–Trinajstić information content (AvgIpc) is 3.28. The number of aryl methyl sites for hydroxylation is 3. The number of methoxy groups -OCH3 is 1. The van der Waals surface area contributed by atoms with Crippen LogP contribution in [0.25, 0.3) is 22.3 Å². The maximum absolute atomic E-state index is 13.6. The van der Waals surface area contributed by atoms with E-state index >= 15 is 0 Å². The van der Waals surface area contributed by atoms with Gasteiger partial charge in [0.25, 0.3) is 5.91 Å². The van der Waals surface area contributed by atoms with Crippen molar-refractivity contribution in [3.8, 4) is 28.0 Å². The lowest BCUT2D eigenvalue weighted by Gasteiger charge is -2.24. The fraction of sp³-hybridized carbons (Fsp3) is 0.297. The van der Waals surface area contributed by atoms with Crippen LogP contribution in [0.2, 0.25) is 0 Å². The van der Waals surface area contributed by atoms with Crippen LogP contribution in [-0.2, 0) is 17.5 Å². The van der Waals surface area contributed by atoms with Crippen molar-refractivity contribution in [1.29, 1.82) is 0 Å². The molecular weight excluding hydrogens is 593 g/mol. The van der Waals surface area contributed by atoms with E-state index in [4.69, 9.17) is 9.47 Å². The van der Waals surface area contributed by atoms with Crippen LogP contribution >= 0.6 is 0 Å². The van der Waals surface area contributed by atoms with E-state index in [1.165, 1.54) is 0 Å². The molecular formula is C37H37F3N2O4. The molecule has 46 heavy (non-hydrogen) atoms. The topological polar surface area (TPSA) is 59.1 Å². The summed E-state index contributed by atoms with van der Waals surface area (Å²) < 4.78 is 52.2. The van der Waals surface area contributed by atoms with Crippen molar-refractivity contribution in [1.82, 2.24) is 9.80 Å². The van der Waals surface area contributed by atoms with Crippen molar-refractivity contribution in [3.63, 3.8) is 0 Å². The summed E-state index contributed by atoms with van der Waals surface area (Å²) in [5, 5.41) is 0. The van der Waals surface area contributed by atoms with Crippen LogP contribution in [0, 0.1) is 20.8 Å². The van der Waals surface area contributed by atoms with E-state index in [0.717, 1.165) is 51.1 Å². The van der Waals surface area contributed by atoms with Crippen LogP contribution in [-0.4, -0.2) is 49.0 Å². The molecule has 1 fully saturated rings. The van der Waals surface area contributed by atoms with Gasteiger partial charge in [0.2, 0.25) is 0 Å². The number of carbonyl (C=O) groups excluding carboxylic acids is 2. The Bertz CT molecular complexity index is 1820. The first-order valence-electron chi connectivity index (χ1n) is 14.9. The number of alkyl halides is 3. The second-order valence-electron chi connectivity index (χ2n) is 12.1. The van der Waals surface area contributed by atoms with E-state index in [2.05, 4.69) is 0 Å².